The first kappa shape index (κ1) is 28.4. The largest absolute Gasteiger partial charge is 0.357 e. The van der Waals surface area contributed by atoms with E-state index < -0.39 is 0 Å². The summed E-state index contributed by atoms with van der Waals surface area (Å²) in [4.78, 5) is 28.8. The SMILES string of the molecule is CCNC(=NCc1cccc(C(=O)NC(C)CC)c1)NCCc1cccc(C(=O)NC)c1.I. The summed E-state index contributed by atoms with van der Waals surface area (Å²) in [5.74, 6) is 0.563. The van der Waals surface area contributed by atoms with Gasteiger partial charge in [0.1, 0.15) is 0 Å². The van der Waals surface area contributed by atoms with Crippen LogP contribution in [0.15, 0.2) is 53.5 Å². The van der Waals surface area contributed by atoms with Crippen LogP contribution >= 0.6 is 24.0 Å². The zero-order valence-electron chi connectivity index (χ0n) is 19.9. The summed E-state index contributed by atoms with van der Waals surface area (Å²) in [5.41, 5.74) is 3.35. The summed E-state index contributed by atoms with van der Waals surface area (Å²) >= 11 is 0. The molecule has 0 saturated carbocycles. The average Bonchev–Trinajstić information content (AvgIpc) is 2.82. The lowest BCUT2D eigenvalue weighted by Gasteiger charge is -2.13. The second kappa shape index (κ2) is 15.3. The molecule has 7 nitrogen and oxygen atoms in total. The number of nitrogens with one attached hydrogen (secondary N) is 4. The Balaban J connectivity index is 0.00000544. The number of hydrogen-bond acceptors (Lipinski definition) is 3. The minimum absolute atomic E-state index is 0. The third-order valence-electron chi connectivity index (χ3n) is 5.07. The van der Waals surface area contributed by atoms with Crippen LogP contribution in [0.5, 0.6) is 0 Å². The van der Waals surface area contributed by atoms with Crippen LogP contribution in [0.1, 0.15) is 59.0 Å². The van der Waals surface area contributed by atoms with E-state index in [0.29, 0.717) is 30.2 Å². The van der Waals surface area contributed by atoms with Gasteiger partial charge in [-0.2, -0.15) is 0 Å². The molecule has 2 aromatic carbocycles. The second-order valence-corrected chi connectivity index (χ2v) is 7.63. The van der Waals surface area contributed by atoms with Crippen molar-refractivity contribution in [2.24, 2.45) is 4.99 Å². The molecule has 2 aromatic rings. The van der Waals surface area contributed by atoms with Gasteiger partial charge >= 0.3 is 0 Å². The molecule has 180 valence electrons. The molecular formula is C25H36IN5O2. The minimum atomic E-state index is -0.0882. The van der Waals surface area contributed by atoms with Gasteiger partial charge in [-0.1, -0.05) is 31.2 Å². The molecular weight excluding hydrogens is 529 g/mol. The molecule has 0 fully saturated rings. The molecule has 0 aromatic heterocycles. The fourth-order valence-corrected chi connectivity index (χ4v) is 3.07. The maximum Gasteiger partial charge on any atom is 0.251 e. The number of hydrogen-bond donors (Lipinski definition) is 4. The predicted molar refractivity (Wildman–Crippen MR) is 145 cm³/mol. The lowest BCUT2D eigenvalue weighted by Crippen LogP contribution is -2.38. The van der Waals surface area contributed by atoms with Crippen molar-refractivity contribution in [3.05, 3.63) is 70.8 Å². The van der Waals surface area contributed by atoms with Crippen LogP contribution in [0.3, 0.4) is 0 Å². The number of guanidine groups is 1. The van der Waals surface area contributed by atoms with Crippen LogP contribution in [-0.4, -0.2) is 44.0 Å². The number of amides is 2. The van der Waals surface area contributed by atoms with Gasteiger partial charge in [-0.3, -0.25) is 9.59 Å². The number of carbonyl (C=O) groups is 2. The maximum atomic E-state index is 12.4. The monoisotopic (exact) mass is 565 g/mol. The highest BCUT2D eigenvalue weighted by molar-refractivity contribution is 14.0. The highest BCUT2D eigenvalue weighted by atomic mass is 127. The molecule has 0 radical (unpaired) electrons. The lowest BCUT2D eigenvalue weighted by atomic mass is 10.1. The van der Waals surface area contributed by atoms with Crippen LogP contribution in [0, 0.1) is 0 Å². The van der Waals surface area contributed by atoms with E-state index in [4.69, 9.17) is 0 Å². The Labute approximate surface area is 214 Å². The van der Waals surface area contributed by atoms with E-state index in [1.165, 1.54) is 0 Å². The van der Waals surface area contributed by atoms with Crippen molar-refractivity contribution in [1.82, 2.24) is 21.3 Å². The Bertz CT molecular complexity index is 933. The number of rotatable bonds is 10. The summed E-state index contributed by atoms with van der Waals surface area (Å²) in [7, 11) is 1.63. The molecule has 0 aliphatic carbocycles. The van der Waals surface area contributed by atoms with Crippen LogP contribution in [0.2, 0.25) is 0 Å². The normalized spacial score (nSPS) is 11.7. The second-order valence-electron chi connectivity index (χ2n) is 7.63. The van der Waals surface area contributed by atoms with Gasteiger partial charge in [0.15, 0.2) is 5.96 Å². The summed E-state index contributed by atoms with van der Waals surface area (Å²) in [6.07, 6.45) is 1.66. The Morgan fingerprint density at radius 2 is 1.58 bits per heavy atom. The maximum absolute atomic E-state index is 12.4. The van der Waals surface area contributed by atoms with Crippen LogP contribution < -0.4 is 21.3 Å². The number of carbonyl (C=O) groups excluding carboxylic acids is 2. The van der Waals surface area contributed by atoms with Gasteiger partial charge in [0, 0.05) is 37.3 Å². The van der Waals surface area contributed by atoms with E-state index in [2.05, 4.69) is 26.3 Å². The van der Waals surface area contributed by atoms with Crippen molar-refractivity contribution in [1.29, 1.82) is 0 Å². The molecule has 2 amide bonds. The molecule has 8 heteroatoms. The molecule has 0 aliphatic heterocycles. The van der Waals surface area contributed by atoms with Gasteiger partial charge in [0.2, 0.25) is 0 Å². The van der Waals surface area contributed by atoms with Crippen molar-refractivity contribution in [2.75, 3.05) is 20.1 Å². The highest BCUT2D eigenvalue weighted by Gasteiger charge is 2.09. The first-order valence-electron chi connectivity index (χ1n) is 11.2. The van der Waals surface area contributed by atoms with Crippen LogP contribution in [0.4, 0.5) is 0 Å². The Morgan fingerprint density at radius 3 is 2.21 bits per heavy atom. The summed E-state index contributed by atoms with van der Waals surface area (Å²) in [5, 5.41) is 12.2. The summed E-state index contributed by atoms with van der Waals surface area (Å²) in [6, 6.07) is 15.3. The van der Waals surface area contributed by atoms with Crippen molar-refractivity contribution in [3.63, 3.8) is 0 Å². The van der Waals surface area contributed by atoms with Crippen LogP contribution in [0.25, 0.3) is 0 Å². The molecule has 0 saturated heterocycles. The van der Waals surface area contributed by atoms with Gasteiger partial charge in [-0.15, -0.1) is 24.0 Å². The third-order valence-corrected chi connectivity index (χ3v) is 5.07. The van der Waals surface area contributed by atoms with Gasteiger partial charge < -0.3 is 21.3 Å². The molecule has 0 aliphatic rings. The average molecular weight is 566 g/mol. The van der Waals surface area contributed by atoms with Crippen molar-refractivity contribution in [3.8, 4) is 0 Å². The minimum Gasteiger partial charge on any atom is -0.357 e. The smallest absolute Gasteiger partial charge is 0.251 e. The molecule has 0 spiro atoms. The van der Waals surface area contributed by atoms with E-state index >= 15 is 0 Å². The fraction of sp³-hybridized carbons (Fsp3) is 0.400. The topological polar surface area (TPSA) is 94.6 Å². The molecule has 0 heterocycles. The van der Waals surface area contributed by atoms with E-state index in [-0.39, 0.29) is 41.8 Å². The lowest BCUT2D eigenvalue weighted by molar-refractivity contribution is 0.0936. The molecule has 1 unspecified atom stereocenters. The van der Waals surface area contributed by atoms with E-state index in [1.807, 2.05) is 63.2 Å². The Hall–Kier alpha value is -2.62. The van der Waals surface area contributed by atoms with Crippen LogP contribution in [-0.2, 0) is 13.0 Å². The predicted octanol–water partition coefficient (Wildman–Crippen LogP) is 3.49. The van der Waals surface area contributed by atoms with Gasteiger partial charge in [-0.05, 0) is 62.1 Å². The van der Waals surface area contributed by atoms with Crippen molar-refractivity contribution in [2.45, 2.75) is 46.2 Å². The van der Waals surface area contributed by atoms with Crippen molar-refractivity contribution >= 4 is 41.8 Å². The van der Waals surface area contributed by atoms with E-state index in [9.17, 15) is 9.59 Å². The van der Waals surface area contributed by atoms with Gasteiger partial charge in [-0.25, -0.2) is 4.99 Å². The molecule has 2 rings (SSSR count). The van der Waals surface area contributed by atoms with Crippen molar-refractivity contribution < 1.29 is 9.59 Å². The highest BCUT2D eigenvalue weighted by Crippen LogP contribution is 2.08. The number of nitrogens with zero attached hydrogens (tertiary/aromatic N) is 1. The summed E-state index contributed by atoms with van der Waals surface area (Å²) in [6.45, 7) is 7.95. The summed E-state index contributed by atoms with van der Waals surface area (Å²) < 4.78 is 0. The first-order chi connectivity index (χ1) is 15.5. The van der Waals surface area contributed by atoms with E-state index in [1.54, 1.807) is 13.1 Å². The molecule has 0 bridgehead atoms. The standard InChI is InChI=1S/C25H35N5O2.HI/c1-5-18(3)30-24(32)22-12-8-10-20(16-22)17-29-25(27-6-2)28-14-13-19-9-7-11-21(15-19)23(31)26-4;/h7-12,15-16,18H,5-6,13-14,17H2,1-4H3,(H,26,31)(H,30,32)(H2,27,28,29);1H. The zero-order valence-corrected chi connectivity index (χ0v) is 22.2. The third kappa shape index (κ3) is 9.81. The first-order valence-corrected chi connectivity index (χ1v) is 11.2. The molecule has 4 N–H and O–H groups in total. The zero-order chi connectivity index (χ0) is 23.3. The van der Waals surface area contributed by atoms with Gasteiger partial charge in [0.25, 0.3) is 11.8 Å². The quantitative estimate of drug-likeness (QED) is 0.202. The van der Waals surface area contributed by atoms with Gasteiger partial charge in [0.05, 0.1) is 6.54 Å². The number of benzene rings is 2. The number of aliphatic imine (C=N–C) groups is 1. The van der Waals surface area contributed by atoms with E-state index in [0.717, 1.165) is 30.5 Å². The molecule has 1 atom stereocenters. The number of halogens is 1. The molecule has 33 heavy (non-hydrogen) atoms. The Morgan fingerprint density at radius 1 is 0.939 bits per heavy atom. The Kier molecular flexibility index (Phi) is 13.1. The fourth-order valence-electron chi connectivity index (χ4n) is 3.07.